The number of carbonyl (C=O) groups excluding carboxylic acids is 1. The first-order chi connectivity index (χ1) is 11.5. The summed E-state index contributed by atoms with van der Waals surface area (Å²) in [5, 5.41) is 13.7. The molecule has 2 rings (SSSR count). The molecular weight excluding hydrogens is 312 g/mol. The third-order valence-electron chi connectivity index (χ3n) is 3.13. The molecule has 7 nitrogen and oxygen atoms in total. The van der Waals surface area contributed by atoms with Crippen molar-refractivity contribution < 1.29 is 19.2 Å². The first-order valence-electron chi connectivity index (χ1n) is 7.40. The van der Waals surface area contributed by atoms with Crippen LogP contribution in [0.4, 0.5) is 11.4 Å². The number of carbonyl (C=O) groups is 1. The quantitative estimate of drug-likeness (QED) is 0.621. The highest BCUT2D eigenvalue weighted by molar-refractivity contribution is 5.93. The number of hydrogen-bond acceptors (Lipinski definition) is 5. The van der Waals surface area contributed by atoms with Gasteiger partial charge in [-0.2, -0.15) is 0 Å². The van der Waals surface area contributed by atoms with Crippen molar-refractivity contribution in [2.45, 2.75) is 13.8 Å². The molecule has 1 N–H and O–H groups in total. The van der Waals surface area contributed by atoms with Gasteiger partial charge in [-0.25, -0.2) is 0 Å². The Kier molecular flexibility index (Phi) is 5.73. The number of nitro benzene ring substituents is 1. The van der Waals surface area contributed by atoms with Crippen molar-refractivity contribution in [1.82, 2.24) is 0 Å². The van der Waals surface area contributed by atoms with Gasteiger partial charge in [0.2, 0.25) is 0 Å². The van der Waals surface area contributed by atoms with Crippen molar-refractivity contribution in [3.05, 3.63) is 58.1 Å². The second kappa shape index (κ2) is 7.96. The molecule has 0 bridgehead atoms. The summed E-state index contributed by atoms with van der Waals surface area (Å²) >= 11 is 0. The fourth-order valence-corrected chi connectivity index (χ4v) is 2.07. The molecule has 2 aromatic rings. The van der Waals surface area contributed by atoms with Gasteiger partial charge in [-0.05, 0) is 37.6 Å². The second-order valence-electron chi connectivity index (χ2n) is 4.99. The molecule has 0 heterocycles. The number of para-hydroxylation sites is 2. The molecule has 1 amide bonds. The third-order valence-corrected chi connectivity index (χ3v) is 3.13. The Morgan fingerprint density at radius 3 is 2.62 bits per heavy atom. The van der Waals surface area contributed by atoms with E-state index in [4.69, 9.17) is 9.47 Å². The van der Waals surface area contributed by atoms with E-state index in [0.717, 1.165) is 5.56 Å². The lowest BCUT2D eigenvalue weighted by molar-refractivity contribution is -0.385. The molecule has 0 aliphatic heterocycles. The maximum atomic E-state index is 12.0. The van der Waals surface area contributed by atoms with E-state index in [2.05, 4.69) is 5.32 Å². The first kappa shape index (κ1) is 17.3. The SMILES string of the molecule is CCOc1ccccc1NC(=O)COc1cc(C)ccc1[N+](=O)[O-]. The normalized spacial score (nSPS) is 10.1. The van der Waals surface area contributed by atoms with Crippen LogP contribution in [0.3, 0.4) is 0 Å². The highest BCUT2D eigenvalue weighted by Gasteiger charge is 2.16. The van der Waals surface area contributed by atoms with Crippen LogP contribution in [0.5, 0.6) is 11.5 Å². The van der Waals surface area contributed by atoms with Crippen LogP contribution < -0.4 is 14.8 Å². The monoisotopic (exact) mass is 330 g/mol. The van der Waals surface area contributed by atoms with Gasteiger partial charge in [0.05, 0.1) is 17.2 Å². The molecule has 0 saturated carbocycles. The topological polar surface area (TPSA) is 90.7 Å². The van der Waals surface area contributed by atoms with Gasteiger partial charge in [0.15, 0.2) is 12.4 Å². The van der Waals surface area contributed by atoms with Crippen molar-refractivity contribution in [3.8, 4) is 11.5 Å². The summed E-state index contributed by atoms with van der Waals surface area (Å²) in [6, 6.07) is 11.5. The van der Waals surface area contributed by atoms with Crippen LogP contribution in [0.2, 0.25) is 0 Å². The fraction of sp³-hybridized carbons (Fsp3) is 0.235. The molecule has 0 atom stereocenters. The molecule has 0 saturated heterocycles. The molecule has 0 aliphatic carbocycles. The number of hydrogen-bond donors (Lipinski definition) is 1. The zero-order valence-electron chi connectivity index (χ0n) is 13.4. The van der Waals surface area contributed by atoms with Gasteiger partial charge in [0.25, 0.3) is 5.91 Å². The summed E-state index contributed by atoms with van der Waals surface area (Å²) in [5.41, 5.74) is 1.15. The van der Waals surface area contributed by atoms with Crippen molar-refractivity contribution >= 4 is 17.3 Å². The van der Waals surface area contributed by atoms with Gasteiger partial charge in [-0.15, -0.1) is 0 Å². The zero-order chi connectivity index (χ0) is 17.5. The van der Waals surface area contributed by atoms with Crippen LogP contribution in [0.15, 0.2) is 42.5 Å². The number of benzene rings is 2. The van der Waals surface area contributed by atoms with E-state index in [9.17, 15) is 14.9 Å². The maximum Gasteiger partial charge on any atom is 0.310 e. The lowest BCUT2D eigenvalue weighted by Crippen LogP contribution is -2.21. The minimum Gasteiger partial charge on any atom is -0.492 e. The van der Waals surface area contributed by atoms with E-state index in [1.807, 2.05) is 6.92 Å². The Hall–Kier alpha value is -3.09. The average Bonchev–Trinajstić information content (AvgIpc) is 2.55. The predicted molar refractivity (Wildman–Crippen MR) is 89.6 cm³/mol. The zero-order valence-corrected chi connectivity index (χ0v) is 13.4. The summed E-state index contributed by atoms with van der Waals surface area (Å²) in [7, 11) is 0. The highest BCUT2D eigenvalue weighted by atomic mass is 16.6. The van der Waals surface area contributed by atoms with Crippen LogP contribution in [-0.4, -0.2) is 24.0 Å². The van der Waals surface area contributed by atoms with Crippen LogP contribution >= 0.6 is 0 Å². The van der Waals surface area contributed by atoms with Crippen molar-refractivity contribution in [2.75, 3.05) is 18.5 Å². The van der Waals surface area contributed by atoms with Gasteiger partial charge < -0.3 is 14.8 Å². The number of nitrogens with zero attached hydrogens (tertiary/aromatic N) is 1. The molecule has 7 heteroatoms. The standard InChI is InChI=1S/C17H18N2O5/c1-3-23-15-7-5-4-6-13(15)18-17(20)11-24-16-10-12(2)8-9-14(16)19(21)22/h4-10H,3,11H2,1-2H3,(H,18,20). The molecular formula is C17H18N2O5. The molecule has 126 valence electrons. The number of nitrogens with one attached hydrogen (secondary N) is 1. The molecule has 0 radical (unpaired) electrons. The number of rotatable bonds is 7. The molecule has 2 aromatic carbocycles. The van der Waals surface area contributed by atoms with E-state index < -0.39 is 10.8 Å². The number of aryl methyl sites for hydroxylation is 1. The van der Waals surface area contributed by atoms with E-state index in [1.54, 1.807) is 37.3 Å². The van der Waals surface area contributed by atoms with Crippen LogP contribution in [0, 0.1) is 17.0 Å². The Morgan fingerprint density at radius 2 is 1.92 bits per heavy atom. The highest BCUT2D eigenvalue weighted by Crippen LogP contribution is 2.28. The number of amides is 1. The minimum atomic E-state index is -0.545. The minimum absolute atomic E-state index is 0.0632. The van der Waals surface area contributed by atoms with Gasteiger partial charge in [-0.3, -0.25) is 14.9 Å². The molecule has 0 aliphatic rings. The van der Waals surface area contributed by atoms with Crippen LogP contribution in [0.1, 0.15) is 12.5 Å². The Bertz CT molecular complexity index is 746. The lowest BCUT2D eigenvalue weighted by atomic mass is 10.2. The third kappa shape index (κ3) is 4.45. The van der Waals surface area contributed by atoms with Crippen LogP contribution in [0.25, 0.3) is 0 Å². The Labute approximate surface area is 139 Å². The molecule has 0 spiro atoms. The van der Waals surface area contributed by atoms with E-state index >= 15 is 0 Å². The smallest absolute Gasteiger partial charge is 0.310 e. The largest absolute Gasteiger partial charge is 0.492 e. The molecule has 0 aromatic heterocycles. The van der Waals surface area contributed by atoms with Gasteiger partial charge >= 0.3 is 5.69 Å². The molecule has 0 fully saturated rings. The summed E-state index contributed by atoms with van der Waals surface area (Å²) in [6.45, 7) is 3.76. The van der Waals surface area contributed by atoms with Gasteiger partial charge in [0.1, 0.15) is 5.75 Å². The number of nitro groups is 1. The van der Waals surface area contributed by atoms with Crippen LogP contribution in [-0.2, 0) is 4.79 Å². The fourth-order valence-electron chi connectivity index (χ4n) is 2.07. The summed E-state index contributed by atoms with van der Waals surface area (Å²) in [6.07, 6.45) is 0. The van der Waals surface area contributed by atoms with Crippen molar-refractivity contribution in [1.29, 1.82) is 0 Å². The van der Waals surface area contributed by atoms with E-state index in [-0.39, 0.29) is 18.0 Å². The number of anilines is 1. The van der Waals surface area contributed by atoms with Gasteiger partial charge in [0, 0.05) is 6.07 Å². The Morgan fingerprint density at radius 1 is 1.17 bits per heavy atom. The van der Waals surface area contributed by atoms with Gasteiger partial charge in [-0.1, -0.05) is 18.2 Å². The van der Waals surface area contributed by atoms with Crippen molar-refractivity contribution in [3.63, 3.8) is 0 Å². The lowest BCUT2D eigenvalue weighted by Gasteiger charge is -2.12. The number of ether oxygens (including phenoxy) is 2. The molecule has 0 unspecified atom stereocenters. The van der Waals surface area contributed by atoms with Crippen molar-refractivity contribution in [2.24, 2.45) is 0 Å². The van der Waals surface area contributed by atoms with E-state index in [1.165, 1.54) is 12.1 Å². The summed E-state index contributed by atoms with van der Waals surface area (Å²) in [4.78, 5) is 22.5. The molecule has 24 heavy (non-hydrogen) atoms. The van der Waals surface area contributed by atoms with E-state index in [0.29, 0.717) is 18.0 Å². The Balaban J connectivity index is 2.04. The predicted octanol–water partition coefficient (Wildman–Crippen LogP) is 3.32. The maximum absolute atomic E-state index is 12.0. The first-order valence-corrected chi connectivity index (χ1v) is 7.40. The second-order valence-corrected chi connectivity index (χ2v) is 4.99. The summed E-state index contributed by atoms with van der Waals surface area (Å²) in [5.74, 6) is 0.182. The average molecular weight is 330 g/mol. The summed E-state index contributed by atoms with van der Waals surface area (Å²) < 4.78 is 10.7.